The van der Waals surface area contributed by atoms with Crippen LogP contribution in [0.5, 0.6) is 0 Å². The van der Waals surface area contributed by atoms with Crippen LogP contribution in [0.1, 0.15) is 48.8 Å². The molecule has 2 aromatic rings. The lowest BCUT2D eigenvalue weighted by Crippen LogP contribution is -2.50. The Bertz CT molecular complexity index is 1470. The zero-order valence-electron chi connectivity index (χ0n) is 22.2. The van der Waals surface area contributed by atoms with E-state index in [0.29, 0.717) is 16.0 Å². The maximum Gasteiger partial charge on any atom is 0.411 e. The van der Waals surface area contributed by atoms with Gasteiger partial charge in [0.1, 0.15) is 18.4 Å². The van der Waals surface area contributed by atoms with Gasteiger partial charge in [0.2, 0.25) is 5.91 Å². The van der Waals surface area contributed by atoms with Crippen molar-refractivity contribution in [3.63, 3.8) is 0 Å². The number of Topliss-reactive ketones (excluding diaryl/α,β-unsaturated/α-hetero) is 1. The quantitative estimate of drug-likeness (QED) is 0.389. The van der Waals surface area contributed by atoms with Crippen LogP contribution in [0.2, 0.25) is 0 Å². The fraction of sp³-hybridized carbons (Fsp3) is 0.379. The Balaban J connectivity index is 1.33. The van der Waals surface area contributed by atoms with Gasteiger partial charge in [0.05, 0.1) is 12.5 Å². The summed E-state index contributed by atoms with van der Waals surface area (Å²) in [7, 11) is 0. The van der Waals surface area contributed by atoms with Gasteiger partial charge in [0, 0.05) is 35.6 Å². The van der Waals surface area contributed by atoms with Gasteiger partial charge in [-0.2, -0.15) is 13.2 Å². The number of alkyl halides is 5. The number of pyridine rings is 1. The predicted octanol–water partition coefficient (Wildman–Crippen LogP) is 5.64. The van der Waals surface area contributed by atoms with Gasteiger partial charge in [-0.05, 0) is 49.1 Å². The van der Waals surface area contributed by atoms with Crippen LogP contribution in [0.15, 0.2) is 66.0 Å². The van der Waals surface area contributed by atoms with Gasteiger partial charge in [0.25, 0.3) is 6.43 Å². The smallest absolute Gasteiger partial charge is 0.411 e. The van der Waals surface area contributed by atoms with Gasteiger partial charge in [-0.15, -0.1) is 0 Å². The minimum absolute atomic E-state index is 0.175. The van der Waals surface area contributed by atoms with Gasteiger partial charge in [-0.3, -0.25) is 19.5 Å². The Labute approximate surface area is 236 Å². The summed E-state index contributed by atoms with van der Waals surface area (Å²) in [6.07, 6.45) is -2.58. The third-order valence-electron chi connectivity index (χ3n) is 7.86. The number of carbonyl (C=O) groups excluding carboxylic acids is 3. The number of hydrogen-bond acceptors (Lipinski definition) is 5. The molecule has 1 saturated heterocycles. The van der Waals surface area contributed by atoms with Crippen LogP contribution in [-0.2, 0) is 20.9 Å². The topological polar surface area (TPSA) is 79.8 Å². The number of fused-ring (bicyclic) bond motifs is 1. The molecule has 2 heterocycles. The van der Waals surface area contributed by atoms with Gasteiger partial charge >= 0.3 is 12.3 Å². The van der Waals surface area contributed by atoms with Crippen molar-refractivity contribution < 1.29 is 45.5 Å². The number of aromatic nitrogens is 1. The summed E-state index contributed by atoms with van der Waals surface area (Å²) in [5.41, 5.74) is -0.287. The Morgan fingerprint density at radius 2 is 1.90 bits per heavy atom. The Morgan fingerprint density at radius 1 is 1.19 bits per heavy atom. The van der Waals surface area contributed by atoms with Crippen molar-refractivity contribution >= 4 is 17.8 Å². The second-order valence-electron chi connectivity index (χ2n) is 10.5. The highest BCUT2D eigenvalue weighted by atomic mass is 19.4. The van der Waals surface area contributed by atoms with E-state index in [0.717, 1.165) is 30.2 Å². The van der Waals surface area contributed by atoms with Crippen molar-refractivity contribution in [3.8, 4) is 0 Å². The molecule has 1 aliphatic heterocycles. The highest BCUT2D eigenvalue weighted by Crippen LogP contribution is 2.47. The van der Waals surface area contributed by atoms with Gasteiger partial charge in [-0.25, -0.2) is 18.0 Å². The van der Waals surface area contributed by atoms with E-state index in [-0.39, 0.29) is 41.9 Å². The number of hydrogen-bond donors (Lipinski definition) is 0. The zero-order valence-corrected chi connectivity index (χ0v) is 22.2. The number of ether oxygens (including phenoxy) is 1. The molecule has 1 aromatic heterocycles. The number of allylic oxidation sites excluding steroid dienone is 2. The molecule has 1 spiro atoms. The summed E-state index contributed by atoms with van der Waals surface area (Å²) in [4.78, 5) is 44.8. The molecule has 3 aliphatic rings. The molecule has 0 saturated carbocycles. The Kier molecular flexibility index (Phi) is 7.62. The van der Waals surface area contributed by atoms with Crippen LogP contribution in [-0.4, -0.2) is 63.5 Å². The standard InChI is InChI=1S/C29H25F6N3O4/c1-16(29(33,34)35)38(13-17-2-4-20(30)5-3-17)24(39)14-37-15-28(42-27(37)41)9-8-22-23(28)7-6-21(25(22)40)18-10-19(26(31)32)12-36-11-18/h2-7,10-12,16,21,26H,8-9,13-15H2,1H3/t16-,21?,28-/m0/s1. The third kappa shape index (κ3) is 5.51. The van der Waals surface area contributed by atoms with Crippen molar-refractivity contribution in [3.05, 3.63) is 88.5 Å². The largest absolute Gasteiger partial charge is 0.436 e. The average Bonchev–Trinajstić information content (AvgIpc) is 3.46. The monoisotopic (exact) mass is 593 g/mol. The van der Waals surface area contributed by atoms with Crippen LogP contribution in [0.4, 0.5) is 31.1 Å². The number of halogens is 6. The number of rotatable bonds is 7. The maximum atomic E-state index is 13.6. The normalized spacial score (nSPS) is 22.7. The number of ketones is 1. The second-order valence-corrected chi connectivity index (χ2v) is 10.5. The Morgan fingerprint density at radius 3 is 2.57 bits per heavy atom. The van der Waals surface area contributed by atoms with Crippen LogP contribution < -0.4 is 0 Å². The van der Waals surface area contributed by atoms with Gasteiger partial charge in [-0.1, -0.05) is 24.3 Å². The van der Waals surface area contributed by atoms with E-state index in [2.05, 4.69) is 4.98 Å². The highest BCUT2D eigenvalue weighted by molar-refractivity contribution is 6.05. The lowest BCUT2D eigenvalue weighted by molar-refractivity contribution is -0.187. The third-order valence-corrected chi connectivity index (χ3v) is 7.86. The highest BCUT2D eigenvalue weighted by Gasteiger charge is 2.54. The molecule has 222 valence electrons. The summed E-state index contributed by atoms with van der Waals surface area (Å²) in [6.45, 7) is -0.535. The average molecular weight is 594 g/mol. The molecule has 1 aromatic carbocycles. The number of nitrogens with zero attached hydrogens (tertiary/aromatic N) is 3. The fourth-order valence-corrected chi connectivity index (χ4v) is 5.56. The minimum Gasteiger partial charge on any atom is -0.436 e. The zero-order chi connectivity index (χ0) is 30.4. The molecule has 1 fully saturated rings. The van der Waals surface area contributed by atoms with Crippen LogP contribution >= 0.6 is 0 Å². The number of carbonyl (C=O) groups is 3. The summed E-state index contributed by atoms with van der Waals surface area (Å²) in [5.74, 6) is -2.79. The van der Waals surface area contributed by atoms with E-state index in [9.17, 15) is 40.7 Å². The molecule has 7 nitrogen and oxygen atoms in total. The molecule has 3 atom stereocenters. The second kappa shape index (κ2) is 10.9. The fourth-order valence-electron chi connectivity index (χ4n) is 5.56. The maximum absolute atomic E-state index is 13.6. The van der Waals surface area contributed by atoms with Gasteiger partial charge < -0.3 is 9.64 Å². The molecule has 42 heavy (non-hydrogen) atoms. The SMILES string of the molecule is C[C@H](N(Cc1ccc(F)cc1)C(=O)CN1C[C@]2(CCC3=C2C=CC(c2cncc(C(F)F)c2)C3=O)OC1=O)C(F)(F)F. The predicted molar refractivity (Wildman–Crippen MR) is 136 cm³/mol. The molecule has 1 unspecified atom stereocenters. The van der Waals surface area contributed by atoms with Gasteiger partial charge in [0.15, 0.2) is 11.4 Å². The van der Waals surface area contributed by atoms with E-state index in [1.165, 1.54) is 30.5 Å². The van der Waals surface area contributed by atoms with Crippen LogP contribution in [0.25, 0.3) is 0 Å². The molecule has 2 aliphatic carbocycles. The first-order chi connectivity index (χ1) is 19.8. The van der Waals surface area contributed by atoms with Crippen LogP contribution in [0, 0.1) is 5.82 Å². The molecule has 2 amide bonds. The molecule has 13 heteroatoms. The lowest BCUT2D eigenvalue weighted by Gasteiger charge is -2.32. The van der Waals surface area contributed by atoms with E-state index < -0.39 is 61.1 Å². The first-order valence-corrected chi connectivity index (χ1v) is 13.1. The summed E-state index contributed by atoms with van der Waals surface area (Å²) in [6, 6.07) is 3.69. The van der Waals surface area contributed by atoms with E-state index in [1.807, 2.05) is 0 Å². The van der Waals surface area contributed by atoms with Crippen molar-refractivity contribution in [2.75, 3.05) is 13.1 Å². The number of amides is 2. The lowest BCUT2D eigenvalue weighted by atomic mass is 9.83. The summed E-state index contributed by atoms with van der Waals surface area (Å²) >= 11 is 0. The van der Waals surface area contributed by atoms with E-state index in [4.69, 9.17) is 4.74 Å². The minimum atomic E-state index is -4.76. The van der Waals surface area contributed by atoms with Crippen molar-refractivity contribution in [2.45, 2.75) is 56.5 Å². The van der Waals surface area contributed by atoms with Crippen molar-refractivity contribution in [1.29, 1.82) is 0 Å². The molecule has 0 bridgehead atoms. The van der Waals surface area contributed by atoms with Crippen molar-refractivity contribution in [1.82, 2.24) is 14.8 Å². The summed E-state index contributed by atoms with van der Waals surface area (Å²) < 4.78 is 86.2. The van der Waals surface area contributed by atoms with E-state index >= 15 is 0 Å². The first-order valence-electron chi connectivity index (χ1n) is 13.1. The number of benzene rings is 1. The summed E-state index contributed by atoms with van der Waals surface area (Å²) in [5, 5.41) is 0. The van der Waals surface area contributed by atoms with E-state index in [1.54, 1.807) is 6.08 Å². The molecule has 5 rings (SSSR count). The molecule has 0 N–H and O–H groups in total. The van der Waals surface area contributed by atoms with Crippen LogP contribution in [0.3, 0.4) is 0 Å². The Hall–Kier alpha value is -4.16. The van der Waals surface area contributed by atoms with Crippen molar-refractivity contribution in [2.24, 2.45) is 0 Å². The molecule has 0 radical (unpaired) electrons. The molecular formula is C29H25F6N3O4. The first kappa shape index (κ1) is 29.3. The molecular weight excluding hydrogens is 568 g/mol.